The highest BCUT2D eigenvalue weighted by atomic mass is 16.5. The molecule has 20 heavy (non-hydrogen) atoms. The lowest BCUT2D eigenvalue weighted by atomic mass is 9.88. The van der Waals surface area contributed by atoms with Gasteiger partial charge in [-0.15, -0.1) is 0 Å². The van der Waals surface area contributed by atoms with Crippen LogP contribution in [-0.2, 0) is 14.3 Å². The van der Waals surface area contributed by atoms with Gasteiger partial charge in [-0.25, -0.2) is 0 Å². The number of ether oxygens (including phenoxy) is 2. The van der Waals surface area contributed by atoms with Crippen molar-refractivity contribution in [2.45, 2.75) is 77.5 Å². The molecule has 1 aliphatic rings. The summed E-state index contributed by atoms with van der Waals surface area (Å²) in [7, 11) is 1.80. The summed E-state index contributed by atoms with van der Waals surface area (Å²) >= 11 is 0. The van der Waals surface area contributed by atoms with E-state index < -0.39 is 5.54 Å². The van der Waals surface area contributed by atoms with Crippen LogP contribution in [0.3, 0.4) is 0 Å². The maximum Gasteiger partial charge on any atom is 0.326 e. The number of carbonyl (C=O) groups excluding carboxylic acids is 1. The summed E-state index contributed by atoms with van der Waals surface area (Å²) in [6.45, 7) is 8.46. The smallest absolute Gasteiger partial charge is 0.326 e. The van der Waals surface area contributed by atoms with Crippen LogP contribution in [0.1, 0.15) is 59.8 Å². The number of esters is 1. The van der Waals surface area contributed by atoms with Crippen LogP contribution in [-0.4, -0.2) is 37.4 Å². The fourth-order valence-corrected chi connectivity index (χ4v) is 3.03. The lowest BCUT2D eigenvalue weighted by Crippen LogP contribution is -2.51. The average Bonchev–Trinajstić information content (AvgIpc) is 2.38. The largest absolute Gasteiger partial charge is 0.465 e. The molecule has 1 N–H and O–H groups in total. The molecule has 0 aromatic rings. The van der Waals surface area contributed by atoms with Crippen LogP contribution in [0.5, 0.6) is 0 Å². The SMILES string of the molecule is CCOC(=O)C(C)(CC(C)OC1CCCC(C)C1)NC. The molecule has 4 unspecified atom stereocenters. The first-order chi connectivity index (χ1) is 9.41. The normalized spacial score (nSPS) is 27.6. The second-order valence-corrected chi connectivity index (χ2v) is 6.35. The van der Waals surface area contributed by atoms with Crippen LogP contribution < -0.4 is 5.32 Å². The van der Waals surface area contributed by atoms with Crippen molar-refractivity contribution < 1.29 is 14.3 Å². The molecule has 0 aliphatic heterocycles. The molecule has 0 aromatic heterocycles. The van der Waals surface area contributed by atoms with Gasteiger partial charge in [0.2, 0.25) is 0 Å². The van der Waals surface area contributed by atoms with Crippen molar-refractivity contribution in [2.24, 2.45) is 5.92 Å². The molecule has 0 radical (unpaired) electrons. The highest BCUT2D eigenvalue weighted by Crippen LogP contribution is 2.28. The van der Waals surface area contributed by atoms with E-state index in [0.717, 1.165) is 18.8 Å². The lowest BCUT2D eigenvalue weighted by Gasteiger charge is -2.33. The fraction of sp³-hybridized carbons (Fsp3) is 0.938. The third-order valence-corrected chi connectivity index (χ3v) is 4.29. The molecule has 1 aliphatic carbocycles. The minimum Gasteiger partial charge on any atom is -0.465 e. The molecule has 0 heterocycles. The van der Waals surface area contributed by atoms with Gasteiger partial charge in [0.15, 0.2) is 0 Å². The van der Waals surface area contributed by atoms with E-state index in [4.69, 9.17) is 9.47 Å². The van der Waals surface area contributed by atoms with Gasteiger partial charge in [-0.1, -0.05) is 19.8 Å². The summed E-state index contributed by atoms with van der Waals surface area (Å²) in [6.07, 6.45) is 5.87. The van der Waals surface area contributed by atoms with Crippen LogP contribution in [0.2, 0.25) is 0 Å². The summed E-state index contributed by atoms with van der Waals surface area (Å²) < 4.78 is 11.3. The molecule has 0 aromatic carbocycles. The Morgan fingerprint density at radius 1 is 1.45 bits per heavy atom. The summed E-state index contributed by atoms with van der Waals surface area (Å²) in [5, 5.41) is 3.09. The highest BCUT2D eigenvalue weighted by Gasteiger charge is 2.35. The number of rotatable bonds is 7. The zero-order valence-electron chi connectivity index (χ0n) is 13.7. The van der Waals surface area contributed by atoms with Gasteiger partial charge in [0.05, 0.1) is 18.8 Å². The van der Waals surface area contributed by atoms with E-state index in [9.17, 15) is 4.79 Å². The molecule has 4 nitrogen and oxygen atoms in total. The number of carbonyl (C=O) groups is 1. The molecular weight excluding hydrogens is 254 g/mol. The minimum absolute atomic E-state index is 0.0483. The lowest BCUT2D eigenvalue weighted by molar-refractivity contribution is -0.152. The van der Waals surface area contributed by atoms with Crippen LogP contribution in [0.25, 0.3) is 0 Å². The van der Waals surface area contributed by atoms with Gasteiger partial charge in [-0.3, -0.25) is 4.79 Å². The molecule has 4 atom stereocenters. The Morgan fingerprint density at radius 3 is 2.70 bits per heavy atom. The van der Waals surface area contributed by atoms with Crippen molar-refractivity contribution in [3.63, 3.8) is 0 Å². The monoisotopic (exact) mass is 285 g/mol. The minimum atomic E-state index is -0.671. The number of hydrogen-bond acceptors (Lipinski definition) is 4. The van der Waals surface area contributed by atoms with Gasteiger partial charge in [-0.05, 0) is 46.6 Å². The summed E-state index contributed by atoms with van der Waals surface area (Å²) in [4.78, 5) is 12.0. The van der Waals surface area contributed by atoms with Gasteiger partial charge >= 0.3 is 5.97 Å². The molecule has 1 fully saturated rings. The zero-order valence-corrected chi connectivity index (χ0v) is 13.7. The number of nitrogens with one attached hydrogen (secondary N) is 1. The van der Waals surface area contributed by atoms with E-state index in [-0.39, 0.29) is 12.1 Å². The Kier molecular flexibility index (Phi) is 6.96. The third kappa shape index (κ3) is 5.06. The van der Waals surface area contributed by atoms with Gasteiger partial charge in [0.25, 0.3) is 0 Å². The van der Waals surface area contributed by atoms with E-state index in [1.165, 1.54) is 12.8 Å². The number of hydrogen-bond donors (Lipinski definition) is 1. The molecule has 4 heteroatoms. The van der Waals surface area contributed by atoms with Gasteiger partial charge < -0.3 is 14.8 Å². The van der Waals surface area contributed by atoms with Crippen molar-refractivity contribution in [3.8, 4) is 0 Å². The Balaban J connectivity index is 2.49. The van der Waals surface area contributed by atoms with Crippen molar-refractivity contribution in [1.82, 2.24) is 5.32 Å². The van der Waals surface area contributed by atoms with Crippen LogP contribution >= 0.6 is 0 Å². The predicted octanol–water partition coefficient (Wildman–Crippen LogP) is 2.90. The van der Waals surface area contributed by atoms with Crippen molar-refractivity contribution >= 4 is 5.97 Å². The second-order valence-electron chi connectivity index (χ2n) is 6.35. The fourth-order valence-electron chi connectivity index (χ4n) is 3.03. The van der Waals surface area contributed by atoms with Crippen LogP contribution in [0.4, 0.5) is 0 Å². The second kappa shape index (κ2) is 7.99. The molecule has 0 amide bonds. The quantitative estimate of drug-likeness (QED) is 0.731. The molecule has 1 saturated carbocycles. The standard InChI is InChI=1S/C16H31NO3/c1-6-19-15(18)16(4,17-5)11-13(3)20-14-9-7-8-12(2)10-14/h12-14,17H,6-11H2,1-5H3. The first-order valence-corrected chi connectivity index (χ1v) is 7.92. The highest BCUT2D eigenvalue weighted by molar-refractivity contribution is 5.80. The van der Waals surface area contributed by atoms with Gasteiger partial charge in [0, 0.05) is 6.42 Å². The first kappa shape index (κ1) is 17.4. The predicted molar refractivity (Wildman–Crippen MR) is 80.7 cm³/mol. The van der Waals surface area contributed by atoms with Gasteiger partial charge in [-0.2, -0.15) is 0 Å². The molecular formula is C16H31NO3. The van der Waals surface area contributed by atoms with E-state index in [1.807, 2.05) is 20.8 Å². The van der Waals surface area contributed by atoms with Crippen molar-refractivity contribution in [3.05, 3.63) is 0 Å². The Morgan fingerprint density at radius 2 is 2.15 bits per heavy atom. The third-order valence-electron chi connectivity index (χ3n) is 4.29. The maximum absolute atomic E-state index is 12.0. The molecule has 0 bridgehead atoms. The van der Waals surface area contributed by atoms with E-state index in [2.05, 4.69) is 12.2 Å². The Labute approximate surface area is 123 Å². The van der Waals surface area contributed by atoms with Crippen molar-refractivity contribution in [1.29, 1.82) is 0 Å². The number of likely N-dealkylation sites (N-methyl/N-ethyl adjacent to an activating group) is 1. The Bertz CT molecular complexity index is 308. The van der Waals surface area contributed by atoms with E-state index >= 15 is 0 Å². The summed E-state index contributed by atoms with van der Waals surface area (Å²) in [6, 6.07) is 0. The molecule has 1 rings (SSSR count). The van der Waals surface area contributed by atoms with E-state index in [1.54, 1.807) is 7.05 Å². The molecule has 0 saturated heterocycles. The maximum atomic E-state index is 12.0. The van der Waals surface area contributed by atoms with Gasteiger partial charge in [0.1, 0.15) is 5.54 Å². The van der Waals surface area contributed by atoms with Crippen molar-refractivity contribution in [2.75, 3.05) is 13.7 Å². The topological polar surface area (TPSA) is 47.6 Å². The summed E-state index contributed by atoms with van der Waals surface area (Å²) in [5.74, 6) is 0.552. The summed E-state index contributed by atoms with van der Waals surface area (Å²) in [5.41, 5.74) is -0.671. The molecule has 0 spiro atoms. The zero-order chi connectivity index (χ0) is 15.2. The Hall–Kier alpha value is -0.610. The average molecular weight is 285 g/mol. The first-order valence-electron chi connectivity index (χ1n) is 7.92. The molecule has 118 valence electrons. The van der Waals surface area contributed by atoms with E-state index in [0.29, 0.717) is 19.1 Å². The van der Waals surface area contributed by atoms with Crippen LogP contribution in [0, 0.1) is 5.92 Å². The van der Waals surface area contributed by atoms with Crippen LogP contribution in [0.15, 0.2) is 0 Å².